The van der Waals surface area contributed by atoms with Crippen LogP contribution in [-0.2, 0) is 15.0 Å². The van der Waals surface area contributed by atoms with Gasteiger partial charge in [0.25, 0.3) is 10.2 Å². The van der Waals surface area contributed by atoms with Gasteiger partial charge in [-0.15, -0.1) is 11.3 Å². The first-order valence-electron chi connectivity index (χ1n) is 5.18. The van der Waals surface area contributed by atoms with E-state index in [2.05, 4.69) is 9.44 Å². The average molecular weight is 292 g/mol. The first-order valence-corrected chi connectivity index (χ1v) is 7.54. The smallest absolute Gasteiger partial charge is 0.327 e. The van der Waals surface area contributed by atoms with Crippen LogP contribution < -0.4 is 9.44 Å². The fourth-order valence-corrected chi connectivity index (χ4v) is 3.52. The lowest BCUT2D eigenvalue weighted by atomic mass is 10.1. The van der Waals surface area contributed by atoms with Crippen LogP contribution in [0.2, 0.25) is 0 Å². The number of aliphatic carboxylic acids is 1. The van der Waals surface area contributed by atoms with Crippen molar-refractivity contribution in [2.45, 2.75) is 32.4 Å². The Labute approximate surface area is 110 Å². The topological polar surface area (TPSA) is 95.5 Å². The van der Waals surface area contributed by atoms with Gasteiger partial charge in [-0.2, -0.15) is 17.9 Å². The molecule has 1 heterocycles. The Kier molecular flexibility index (Phi) is 4.49. The van der Waals surface area contributed by atoms with Crippen LogP contribution >= 0.6 is 11.3 Å². The highest BCUT2D eigenvalue weighted by Gasteiger charge is 2.28. The van der Waals surface area contributed by atoms with Crippen LogP contribution in [0.3, 0.4) is 0 Å². The molecule has 1 atom stereocenters. The van der Waals surface area contributed by atoms with Crippen molar-refractivity contribution in [3.8, 4) is 0 Å². The van der Waals surface area contributed by atoms with Gasteiger partial charge < -0.3 is 5.11 Å². The molecule has 0 aliphatic heterocycles. The monoisotopic (exact) mass is 292 g/mol. The Morgan fingerprint density at radius 3 is 2.44 bits per heavy atom. The first kappa shape index (κ1) is 15.1. The molecule has 1 rings (SSSR count). The molecule has 0 radical (unpaired) electrons. The molecule has 1 aromatic heterocycles. The Hall–Kier alpha value is -0.960. The SMILES string of the molecule is CC(C)(C)NS(=O)(=O)NC(C(=O)O)c1cccs1. The van der Waals surface area contributed by atoms with Gasteiger partial charge in [0, 0.05) is 10.4 Å². The third-order valence-corrected chi connectivity index (χ3v) is 4.15. The van der Waals surface area contributed by atoms with Crippen molar-refractivity contribution in [1.82, 2.24) is 9.44 Å². The van der Waals surface area contributed by atoms with E-state index in [0.29, 0.717) is 4.88 Å². The summed E-state index contributed by atoms with van der Waals surface area (Å²) in [5.41, 5.74) is -0.676. The molecule has 0 bridgehead atoms. The van der Waals surface area contributed by atoms with Crippen LogP contribution in [0.5, 0.6) is 0 Å². The maximum absolute atomic E-state index is 11.8. The molecule has 1 aromatic rings. The van der Waals surface area contributed by atoms with Crippen LogP contribution in [-0.4, -0.2) is 25.0 Å². The zero-order valence-corrected chi connectivity index (χ0v) is 11.9. The molecule has 0 aliphatic rings. The van der Waals surface area contributed by atoms with Crippen LogP contribution in [0.1, 0.15) is 31.7 Å². The number of rotatable bonds is 5. The molecule has 102 valence electrons. The highest BCUT2D eigenvalue weighted by molar-refractivity contribution is 7.87. The van der Waals surface area contributed by atoms with Crippen molar-refractivity contribution in [3.05, 3.63) is 22.4 Å². The van der Waals surface area contributed by atoms with Crippen molar-refractivity contribution >= 4 is 27.5 Å². The molecule has 0 saturated heterocycles. The highest BCUT2D eigenvalue weighted by Crippen LogP contribution is 2.20. The number of thiophene rings is 1. The number of hydrogen-bond acceptors (Lipinski definition) is 4. The van der Waals surface area contributed by atoms with Gasteiger partial charge in [0.2, 0.25) is 0 Å². The largest absolute Gasteiger partial charge is 0.480 e. The van der Waals surface area contributed by atoms with Gasteiger partial charge in [0.15, 0.2) is 6.04 Å². The van der Waals surface area contributed by atoms with Gasteiger partial charge in [0.1, 0.15) is 0 Å². The van der Waals surface area contributed by atoms with Crippen molar-refractivity contribution in [1.29, 1.82) is 0 Å². The normalized spacial score (nSPS) is 14.4. The van der Waals surface area contributed by atoms with Gasteiger partial charge in [-0.05, 0) is 32.2 Å². The van der Waals surface area contributed by atoms with Crippen molar-refractivity contribution in [3.63, 3.8) is 0 Å². The molecular weight excluding hydrogens is 276 g/mol. The molecule has 0 amide bonds. The third kappa shape index (κ3) is 4.73. The molecule has 1 unspecified atom stereocenters. The summed E-state index contributed by atoms with van der Waals surface area (Å²) in [6.45, 7) is 5.02. The second-order valence-electron chi connectivity index (χ2n) is 4.76. The summed E-state index contributed by atoms with van der Waals surface area (Å²) in [7, 11) is -3.88. The van der Waals surface area contributed by atoms with Crippen LogP contribution in [0.25, 0.3) is 0 Å². The van der Waals surface area contributed by atoms with Crippen LogP contribution in [0.15, 0.2) is 17.5 Å². The van der Waals surface area contributed by atoms with Crippen LogP contribution in [0, 0.1) is 0 Å². The van der Waals surface area contributed by atoms with E-state index in [1.165, 1.54) is 11.3 Å². The number of nitrogens with one attached hydrogen (secondary N) is 2. The maximum atomic E-state index is 11.8. The van der Waals surface area contributed by atoms with E-state index >= 15 is 0 Å². The lowest BCUT2D eigenvalue weighted by Gasteiger charge is -2.22. The number of carbonyl (C=O) groups is 1. The zero-order chi connectivity index (χ0) is 14.0. The van der Waals surface area contributed by atoms with E-state index in [1.54, 1.807) is 38.3 Å². The van der Waals surface area contributed by atoms with Gasteiger partial charge in [0.05, 0.1) is 0 Å². The minimum atomic E-state index is -3.88. The number of carboxylic acid groups (broad SMARTS) is 1. The van der Waals surface area contributed by atoms with E-state index in [4.69, 9.17) is 5.11 Å². The standard InChI is InChI=1S/C10H16N2O4S2/c1-10(2,3)12-18(15,16)11-8(9(13)14)7-5-4-6-17-7/h4-6,8,11-12H,1-3H3,(H,13,14). The average Bonchev–Trinajstić information content (AvgIpc) is 2.62. The molecule has 0 aromatic carbocycles. The fourth-order valence-electron chi connectivity index (χ4n) is 1.27. The van der Waals surface area contributed by atoms with E-state index in [9.17, 15) is 13.2 Å². The molecule has 0 spiro atoms. The molecule has 8 heteroatoms. The van der Waals surface area contributed by atoms with Crippen molar-refractivity contribution in [2.75, 3.05) is 0 Å². The van der Waals surface area contributed by atoms with Gasteiger partial charge >= 0.3 is 5.97 Å². The highest BCUT2D eigenvalue weighted by atomic mass is 32.2. The van der Waals surface area contributed by atoms with Crippen molar-refractivity contribution in [2.24, 2.45) is 0 Å². The molecule has 0 saturated carbocycles. The third-order valence-electron chi connectivity index (χ3n) is 1.79. The Morgan fingerprint density at radius 1 is 1.44 bits per heavy atom. The van der Waals surface area contributed by atoms with E-state index in [-0.39, 0.29) is 0 Å². The molecule has 18 heavy (non-hydrogen) atoms. The van der Waals surface area contributed by atoms with E-state index < -0.39 is 27.8 Å². The quantitative estimate of drug-likeness (QED) is 0.757. The summed E-state index contributed by atoms with van der Waals surface area (Å²) < 4.78 is 28.0. The molecule has 0 fully saturated rings. The van der Waals surface area contributed by atoms with Gasteiger partial charge in [-0.1, -0.05) is 6.07 Å². The summed E-state index contributed by atoms with van der Waals surface area (Å²) in [5.74, 6) is -1.24. The summed E-state index contributed by atoms with van der Waals surface area (Å²) in [6.07, 6.45) is 0. The summed E-state index contributed by atoms with van der Waals surface area (Å²) in [4.78, 5) is 11.5. The number of carboxylic acids is 1. The summed E-state index contributed by atoms with van der Waals surface area (Å²) >= 11 is 1.18. The van der Waals surface area contributed by atoms with Crippen molar-refractivity contribution < 1.29 is 18.3 Å². The first-order chi connectivity index (χ1) is 8.11. The second-order valence-corrected chi connectivity index (χ2v) is 7.19. The Morgan fingerprint density at radius 2 is 2.06 bits per heavy atom. The fraction of sp³-hybridized carbons (Fsp3) is 0.500. The lowest BCUT2D eigenvalue weighted by molar-refractivity contribution is -0.139. The number of hydrogen-bond donors (Lipinski definition) is 3. The van der Waals surface area contributed by atoms with Crippen LogP contribution in [0.4, 0.5) is 0 Å². The molecule has 0 aliphatic carbocycles. The Bertz CT molecular complexity index is 502. The van der Waals surface area contributed by atoms with E-state index in [1.807, 2.05) is 0 Å². The van der Waals surface area contributed by atoms with Gasteiger partial charge in [-0.3, -0.25) is 4.79 Å². The zero-order valence-electron chi connectivity index (χ0n) is 10.3. The Balaban J connectivity index is 2.89. The predicted octanol–water partition coefficient (Wildman–Crippen LogP) is 1.10. The molecular formula is C10H16N2O4S2. The second kappa shape index (κ2) is 5.35. The molecule has 6 nitrogen and oxygen atoms in total. The maximum Gasteiger partial charge on any atom is 0.327 e. The summed E-state index contributed by atoms with van der Waals surface area (Å²) in [6, 6.07) is 1.97. The van der Waals surface area contributed by atoms with Gasteiger partial charge in [-0.25, -0.2) is 0 Å². The van der Waals surface area contributed by atoms with E-state index in [0.717, 1.165) is 0 Å². The minimum absolute atomic E-state index is 0.432. The predicted molar refractivity (Wildman–Crippen MR) is 69.6 cm³/mol. The minimum Gasteiger partial charge on any atom is -0.480 e. The molecule has 3 N–H and O–H groups in total. The lowest BCUT2D eigenvalue weighted by Crippen LogP contribution is -2.48. The summed E-state index contributed by atoms with van der Waals surface area (Å²) in [5, 5.41) is 10.7.